The summed E-state index contributed by atoms with van der Waals surface area (Å²) in [5.74, 6) is -1.07. The standard InChI is InChI=1S/C16H15ClN4O4S/c1-16(2)11(15(23)19-20-16)14(22)9-5-6-10(26(3,24)25)13(12(9)17)21-8-4-7-18-21/h4-8,22H,1-3H3. The van der Waals surface area contributed by atoms with Crippen molar-refractivity contribution in [3.63, 3.8) is 0 Å². The Hall–Kier alpha value is -2.52. The first kappa shape index (κ1) is 18.3. The van der Waals surface area contributed by atoms with Crippen molar-refractivity contribution in [2.24, 2.45) is 10.2 Å². The minimum atomic E-state index is -3.62. The van der Waals surface area contributed by atoms with Gasteiger partial charge in [-0.2, -0.15) is 10.2 Å². The topological polar surface area (TPSA) is 114 Å². The largest absolute Gasteiger partial charge is 0.507 e. The Morgan fingerprint density at radius 2 is 2.00 bits per heavy atom. The summed E-state index contributed by atoms with van der Waals surface area (Å²) in [7, 11) is -3.62. The van der Waals surface area contributed by atoms with Crippen molar-refractivity contribution in [2.75, 3.05) is 6.26 Å². The fourth-order valence-corrected chi connectivity index (χ4v) is 3.96. The lowest BCUT2D eigenvalue weighted by molar-refractivity contribution is -0.114. The van der Waals surface area contributed by atoms with Crippen molar-refractivity contribution in [3.05, 3.63) is 46.8 Å². The lowest BCUT2D eigenvalue weighted by Crippen LogP contribution is -2.21. The summed E-state index contributed by atoms with van der Waals surface area (Å²) in [6.07, 6.45) is 4.04. The Labute approximate surface area is 154 Å². The number of halogens is 1. The van der Waals surface area contributed by atoms with Gasteiger partial charge in [0.2, 0.25) is 0 Å². The fourth-order valence-electron chi connectivity index (χ4n) is 2.70. The van der Waals surface area contributed by atoms with Gasteiger partial charge in [0.15, 0.2) is 9.84 Å². The summed E-state index contributed by atoms with van der Waals surface area (Å²) in [6, 6.07) is 4.26. The second-order valence-electron chi connectivity index (χ2n) is 6.28. The molecule has 10 heteroatoms. The molecule has 3 rings (SSSR count). The normalized spacial score (nSPS) is 18.4. The lowest BCUT2D eigenvalue weighted by atomic mass is 9.92. The number of carbonyl (C=O) groups excluding carboxylic acids is 1. The Bertz CT molecular complexity index is 1070. The summed E-state index contributed by atoms with van der Waals surface area (Å²) in [5.41, 5.74) is -0.863. The van der Waals surface area contributed by atoms with Crippen LogP contribution in [0.2, 0.25) is 5.02 Å². The fraction of sp³-hybridized carbons (Fsp3) is 0.250. The van der Waals surface area contributed by atoms with Gasteiger partial charge in [-0.25, -0.2) is 13.1 Å². The third-order valence-electron chi connectivity index (χ3n) is 3.92. The molecule has 0 unspecified atom stereocenters. The molecule has 1 aliphatic heterocycles. The van der Waals surface area contributed by atoms with Crippen LogP contribution in [0.15, 0.2) is 51.3 Å². The minimum Gasteiger partial charge on any atom is -0.507 e. The number of amides is 1. The molecule has 1 aromatic heterocycles. The molecule has 0 bridgehead atoms. The van der Waals surface area contributed by atoms with Gasteiger partial charge in [0.05, 0.1) is 15.5 Å². The molecule has 0 aliphatic carbocycles. The number of sulfone groups is 1. The number of nitrogens with zero attached hydrogens (tertiary/aromatic N) is 4. The van der Waals surface area contributed by atoms with E-state index in [0.29, 0.717) is 0 Å². The van der Waals surface area contributed by atoms with Crippen LogP contribution in [-0.2, 0) is 14.6 Å². The number of aliphatic hydroxyl groups is 1. The zero-order valence-corrected chi connectivity index (χ0v) is 15.7. The molecule has 0 saturated carbocycles. The van der Waals surface area contributed by atoms with Crippen molar-refractivity contribution in [3.8, 4) is 5.69 Å². The van der Waals surface area contributed by atoms with Crippen LogP contribution < -0.4 is 0 Å². The van der Waals surface area contributed by atoms with Gasteiger partial charge in [-0.15, -0.1) is 5.11 Å². The summed E-state index contributed by atoms with van der Waals surface area (Å²) in [5, 5.41) is 22.0. The predicted molar refractivity (Wildman–Crippen MR) is 95.2 cm³/mol. The van der Waals surface area contributed by atoms with E-state index < -0.39 is 27.0 Å². The van der Waals surface area contributed by atoms with Gasteiger partial charge in [0.1, 0.15) is 17.0 Å². The van der Waals surface area contributed by atoms with E-state index in [4.69, 9.17) is 11.6 Å². The van der Waals surface area contributed by atoms with Crippen molar-refractivity contribution < 1.29 is 18.3 Å². The average Bonchev–Trinajstić information content (AvgIpc) is 3.13. The van der Waals surface area contributed by atoms with E-state index >= 15 is 0 Å². The molecule has 0 spiro atoms. The van der Waals surface area contributed by atoms with E-state index in [9.17, 15) is 18.3 Å². The zero-order chi connectivity index (χ0) is 19.3. The highest BCUT2D eigenvalue weighted by Gasteiger charge is 2.38. The molecule has 1 aromatic carbocycles. The Kier molecular flexibility index (Phi) is 4.24. The van der Waals surface area contributed by atoms with Gasteiger partial charge >= 0.3 is 0 Å². The molecular formula is C16H15ClN4O4S. The van der Waals surface area contributed by atoms with Crippen LogP contribution in [0, 0.1) is 0 Å². The van der Waals surface area contributed by atoms with Gasteiger partial charge in [0.25, 0.3) is 5.91 Å². The molecule has 0 fully saturated rings. The summed E-state index contributed by atoms with van der Waals surface area (Å²) < 4.78 is 25.6. The number of aliphatic hydroxyl groups excluding tert-OH is 1. The van der Waals surface area contributed by atoms with Gasteiger partial charge in [0, 0.05) is 24.2 Å². The van der Waals surface area contributed by atoms with Gasteiger partial charge < -0.3 is 5.11 Å². The van der Waals surface area contributed by atoms with E-state index in [1.807, 2.05) is 0 Å². The Morgan fingerprint density at radius 3 is 2.50 bits per heavy atom. The number of carbonyl (C=O) groups is 1. The monoisotopic (exact) mass is 394 g/mol. The van der Waals surface area contributed by atoms with E-state index in [0.717, 1.165) is 6.26 Å². The molecule has 0 radical (unpaired) electrons. The third-order valence-corrected chi connectivity index (χ3v) is 5.43. The molecule has 0 saturated heterocycles. The van der Waals surface area contributed by atoms with Crippen LogP contribution in [-0.4, -0.2) is 41.0 Å². The maximum absolute atomic E-state index is 12.1. The number of hydrogen-bond acceptors (Lipinski definition) is 6. The van der Waals surface area contributed by atoms with Crippen molar-refractivity contribution in [1.82, 2.24) is 9.78 Å². The molecule has 1 N–H and O–H groups in total. The maximum Gasteiger partial charge on any atom is 0.297 e. The number of rotatable bonds is 3. The van der Waals surface area contributed by atoms with E-state index in [1.54, 1.807) is 19.9 Å². The molecular weight excluding hydrogens is 380 g/mol. The second-order valence-corrected chi connectivity index (χ2v) is 8.65. The van der Waals surface area contributed by atoms with Crippen LogP contribution in [0.3, 0.4) is 0 Å². The molecule has 1 aliphatic rings. The Morgan fingerprint density at radius 1 is 1.31 bits per heavy atom. The van der Waals surface area contributed by atoms with E-state index in [1.165, 1.54) is 29.2 Å². The van der Waals surface area contributed by atoms with Crippen LogP contribution >= 0.6 is 11.6 Å². The first-order valence-corrected chi connectivity index (χ1v) is 9.75. The zero-order valence-electron chi connectivity index (χ0n) is 14.1. The highest BCUT2D eigenvalue weighted by Crippen LogP contribution is 2.39. The number of hydrogen-bond donors (Lipinski definition) is 1. The smallest absolute Gasteiger partial charge is 0.297 e. The third kappa shape index (κ3) is 2.93. The molecule has 136 valence electrons. The van der Waals surface area contributed by atoms with Gasteiger partial charge in [-0.3, -0.25) is 4.79 Å². The minimum absolute atomic E-state index is 0.0158. The van der Waals surface area contributed by atoms with Gasteiger partial charge in [-0.05, 0) is 32.0 Å². The molecule has 8 nitrogen and oxygen atoms in total. The second kappa shape index (κ2) is 6.03. The highest BCUT2D eigenvalue weighted by molar-refractivity contribution is 7.90. The molecule has 1 amide bonds. The van der Waals surface area contributed by atoms with Crippen LogP contribution in [0.4, 0.5) is 0 Å². The number of azo groups is 1. The predicted octanol–water partition coefficient (Wildman–Crippen LogP) is 2.97. The molecule has 2 heterocycles. The van der Waals surface area contributed by atoms with Crippen molar-refractivity contribution in [2.45, 2.75) is 24.3 Å². The van der Waals surface area contributed by atoms with E-state index in [-0.39, 0.29) is 26.7 Å². The van der Waals surface area contributed by atoms with Crippen LogP contribution in [0.1, 0.15) is 19.4 Å². The van der Waals surface area contributed by atoms with Crippen molar-refractivity contribution >= 4 is 33.1 Å². The quantitative estimate of drug-likeness (QED) is 0.634. The van der Waals surface area contributed by atoms with E-state index in [2.05, 4.69) is 15.3 Å². The SMILES string of the molecule is CC1(C)N=NC(=O)C1=C(O)c1ccc(S(C)(=O)=O)c(-n2cccn2)c1Cl. The van der Waals surface area contributed by atoms with Crippen LogP contribution in [0.5, 0.6) is 0 Å². The first-order chi connectivity index (χ1) is 12.0. The maximum atomic E-state index is 12.1. The summed E-state index contributed by atoms with van der Waals surface area (Å²) in [4.78, 5) is 12.0. The number of benzene rings is 1. The highest BCUT2D eigenvalue weighted by atomic mass is 35.5. The van der Waals surface area contributed by atoms with Crippen molar-refractivity contribution in [1.29, 1.82) is 0 Å². The number of aromatic nitrogens is 2. The Balaban J connectivity index is 2.33. The summed E-state index contributed by atoms with van der Waals surface area (Å²) >= 11 is 6.43. The van der Waals surface area contributed by atoms with Gasteiger partial charge in [-0.1, -0.05) is 11.6 Å². The van der Waals surface area contributed by atoms with Crippen LogP contribution in [0.25, 0.3) is 11.4 Å². The lowest BCUT2D eigenvalue weighted by Gasteiger charge is -2.18. The molecule has 0 atom stereocenters. The molecule has 26 heavy (non-hydrogen) atoms. The summed E-state index contributed by atoms with van der Waals surface area (Å²) in [6.45, 7) is 3.25. The first-order valence-electron chi connectivity index (χ1n) is 7.48. The average molecular weight is 395 g/mol. The molecule has 2 aromatic rings.